The van der Waals surface area contributed by atoms with E-state index in [4.69, 9.17) is 0 Å². The van der Waals surface area contributed by atoms with Crippen LogP contribution in [0.1, 0.15) is 153 Å². The second-order valence-corrected chi connectivity index (χ2v) is 11.2. The summed E-state index contributed by atoms with van der Waals surface area (Å²) in [6, 6.07) is 14.7. The molecule has 2 aromatic rings. The van der Waals surface area contributed by atoms with E-state index in [9.17, 15) is 10.2 Å². The Kier molecular flexibility index (Phi) is 28.3. The third-order valence-electron chi connectivity index (χ3n) is 7.43. The molecule has 0 fully saturated rings. The molecule has 2 nitrogen and oxygen atoms in total. The second kappa shape index (κ2) is 28.8. The minimum Gasteiger partial charge on any atom is -0.872 e. The summed E-state index contributed by atoms with van der Waals surface area (Å²) in [5, 5.41) is 22.3. The van der Waals surface area contributed by atoms with E-state index in [1.807, 2.05) is 12.1 Å². The van der Waals surface area contributed by atoms with E-state index < -0.39 is 0 Å². The summed E-state index contributed by atoms with van der Waals surface area (Å²) < 4.78 is 0. The molecule has 2 aromatic carbocycles. The van der Waals surface area contributed by atoms with Crippen LogP contribution in [0.5, 0.6) is 11.5 Å². The first-order valence-corrected chi connectivity index (χ1v) is 16.2. The Morgan fingerprint density at radius 3 is 0.974 bits per heavy atom. The summed E-state index contributed by atoms with van der Waals surface area (Å²) in [6.07, 6.45) is 29.4. The molecule has 0 spiro atoms. The van der Waals surface area contributed by atoms with Crippen LogP contribution in [0.2, 0.25) is 0 Å². The molecular formula is C36H58CaO2. The van der Waals surface area contributed by atoms with Gasteiger partial charge in [-0.2, -0.15) is 0 Å². The maximum atomic E-state index is 11.2. The fourth-order valence-electron chi connectivity index (χ4n) is 5.04. The molecule has 3 heteroatoms. The predicted molar refractivity (Wildman–Crippen MR) is 169 cm³/mol. The van der Waals surface area contributed by atoms with Gasteiger partial charge in [0.2, 0.25) is 0 Å². The third-order valence-corrected chi connectivity index (χ3v) is 7.43. The van der Waals surface area contributed by atoms with E-state index in [0.29, 0.717) is 0 Å². The van der Waals surface area contributed by atoms with Crippen molar-refractivity contribution in [1.29, 1.82) is 0 Å². The molecule has 0 aromatic heterocycles. The molecule has 0 amide bonds. The molecule has 216 valence electrons. The number of rotatable bonds is 22. The van der Waals surface area contributed by atoms with Gasteiger partial charge in [-0.1, -0.05) is 178 Å². The van der Waals surface area contributed by atoms with Gasteiger partial charge in [-0.25, -0.2) is 0 Å². The molecule has 0 bridgehead atoms. The Morgan fingerprint density at radius 2 is 0.692 bits per heavy atom. The van der Waals surface area contributed by atoms with E-state index in [1.54, 1.807) is 24.3 Å². The fourth-order valence-corrected chi connectivity index (χ4v) is 5.04. The van der Waals surface area contributed by atoms with Crippen molar-refractivity contribution >= 4 is 37.7 Å². The van der Waals surface area contributed by atoms with Crippen molar-refractivity contribution in [3.05, 3.63) is 59.7 Å². The normalized spacial score (nSPS) is 10.5. The molecule has 0 aliphatic rings. The Labute approximate surface area is 272 Å². The average molecular weight is 563 g/mol. The summed E-state index contributed by atoms with van der Waals surface area (Å²) in [5.41, 5.74) is 2.40. The average Bonchev–Trinajstić information content (AvgIpc) is 2.91. The van der Waals surface area contributed by atoms with E-state index in [2.05, 4.69) is 26.0 Å². The van der Waals surface area contributed by atoms with E-state index in [1.165, 1.54) is 140 Å². The summed E-state index contributed by atoms with van der Waals surface area (Å²) in [5.74, 6) is 0.286. The standard InChI is InChI=1S/2C18H30O.Ca/c2*1-2-3-4-5-6-7-8-9-10-11-13-17-14-12-15-18(19)16-17;/h2*12,14-16,19H,2-11,13H2,1H3;/q;;+2/p-2. The van der Waals surface area contributed by atoms with E-state index in [0.717, 1.165) is 12.8 Å². The maximum absolute atomic E-state index is 11.2. The minimum absolute atomic E-state index is 0. The molecule has 0 saturated heterocycles. The van der Waals surface area contributed by atoms with Crippen molar-refractivity contribution in [2.24, 2.45) is 0 Å². The van der Waals surface area contributed by atoms with Crippen molar-refractivity contribution in [2.45, 2.75) is 155 Å². The molecule has 0 N–H and O–H groups in total. The van der Waals surface area contributed by atoms with Gasteiger partial charge in [0.05, 0.1) is 0 Å². The van der Waals surface area contributed by atoms with Crippen molar-refractivity contribution < 1.29 is 10.2 Å². The molecule has 2 rings (SSSR count). The first-order chi connectivity index (χ1) is 18.7. The number of unbranched alkanes of at least 4 members (excludes halogenated alkanes) is 18. The van der Waals surface area contributed by atoms with Gasteiger partial charge in [-0.05, 0) is 36.8 Å². The van der Waals surface area contributed by atoms with Crippen molar-refractivity contribution in [3.63, 3.8) is 0 Å². The fraction of sp³-hybridized carbons (Fsp3) is 0.667. The molecular weight excluding hydrogens is 504 g/mol. The second-order valence-electron chi connectivity index (χ2n) is 11.2. The third kappa shape index (κ3) is 24.8. The Bertz CT molecular complexity index is 711. The summed E-state index contributed by atoms with van der Waals surface area (Å²) in [6.45, 7) is 4.53. The van der Waals surface area contributed by atoms with E-state index >= 15 is 0 Å². The van der Waals surface area contributed by atoms with Gasteiger partial charge in [-0.3, -0.25) is 0 Å². The van der Waals surface area contributed by atoms with Crippen molar-refractivity contribution in [2.75, 3.05) is 0 Å². The van der Waals surface area contributed by atoms with Gasteiger partial charge in [0.25, 0.3) is 0 Å². The number of aryl methyl sites for hydroxylation is 2. The van der Waals surface area contributed by atoms with Crippen LogP contribution in [0, 0.1) is 0 Å². The maximum Gasteiger partial charge on any atom is 2.00 e. The van der Waals surface area contributed by atoms with E-state index in [-0.39, 0.29) is 49.2 Å². The van der Waals surface area contributed by atoms with Crippen LogP contribution >= 0.6 is 0 Å². The van der Waals surface area contributed by atoms with Crippen molar-refractivity contribution in [1.82, 2.24) is 0 Å². The van der Waals surface area contributed by atoms with Gasteiger partial charge in [-0.15, -0.1) is 11.5 Å². The molecule has 0 aliphatic heterocycles. The molecule has 0 unspecified atom stereocenters. The van der Waals surface area contributed by atoms with Crippen LogP contribution in [0.3, 0.4) is 0 Å². The number of hydrogen-bond donors (Lipinski definition) is 0. The first-order valence-electron chi connectivity index (χ1n) is 16.2. The quantitative estimate of drug-likeness (QED) is 0.106. The zero-order chi connectivity index (χ0) is 27.5. The summed E-state index contributed by atoms with van der Waals surface area (Å²) in [4.78, 5) is 0. The SMILES string of the molecule is CCCCCCCCCCCCc1cccc([O-])c1.CCCCCCCCCCCCc1cccc([O-])c1.[Ca+2]. The van der Waals surface area contributed by atoms with Gasteiger partial charge < -0.3 is 10.2 Å². The monoisotopic (exact) mass is 562 g/mol. The zero-order valence-corrected chi connectivity index (χ0v) is 27.9. The van der Waals surface area contributed by atoms with Gasteiger partial charge in [0.15, 0.2) is 0 Å². The summed E-state index contributed by atoms with van der Waals surface area (Å²) >= 11 is 0. The molecule has 0 radical (unpaired) electrons. The van der Waals surface area contributed by atoms with Crippen LogP contribution in [0.15, 0.2) is 48.5 Å². The largest absolute Gasteiger partial charge is 2.00 e. The molecule has 0 aliphatic carbocycles. The summed E-state index contributed by atoms with van der Waals surface area (Å²) in [7, 11) is 0. The smallest absolute Gasteiger partial charge is 0.872 e. The Morgan fingerprint density at radius 1 is 0.410 bits per heavy atom. The Hall–Kier alpha value is -0.700. The molecule has 0 atom stereocenters. The van der Waals surface area contributed by atoms with Crippen LogP contribution < -0.4 is 10.2 Å². The molecule has 0 saturated carbocycles. The topological polar surface area (TPSA) is 46.1 Å². The predicted octanol–water partition coefficient (Wildman–Crippen LogP) is 10.1. The van der Waals surface area contributed by atoms with Gasteiger partial charge in [0, 0.05) is 0 Å². The number of hydrogen-bond acceptors (Lipinski definition) is 2. The van der Waals surface area contributed by atoms with Crippen LogP contribution in [-0.4, -0.2) is 37.7 Å². The zero-order valence-electron chi connectivity index (χ0n) is 25.7. The van der Waals surface area contributed by atoms with Gasteiger partial charge >= 0.3 is 37.7 Å². The first kappa shape index (κ1) is 38.3. The van der Waals surface area contributed by atoms with Crippen molar-refractivity contribution in [3.8, 4) is 11.5 Å². The molecule has 39 heavy (non-hydrogen) atoms. The Balaban J connectivity index is 0.000000722. The van der Waals surface area contributed by atoms with Crippen LogP contribution in [0.25, 0.3) is 0 Å². The molecule has 0 heterocycles. The number of benzene rings is 2. The minimum atomic E-state index is 0. The van der Waals surface area contributed by atoms with Gasteiger partial charge in [0.1, 0.15) is 0 Å². The van der Waals surface area contributed by atoms with Crippen LogP contribution in [0.4, 0.5) is 0 Å². The van der Waals surface area contributed by atoms with Crippen LogP contribution in [-0.2, 0) is 12.8 Å².